The van der Waals surface area contributed by atoms with Crippen LogP contribution < -0.4 is 5.32 Å². The molecule has 0 bridgehead atoms. The molecule has 0 saturated carbocycles. The quantitative estimate of drug-likeness (QED) is 0.688. The topological polar surface area (TPSA) is 78.8 Å². The summed E-state index contributed by atoms with van der Waals surface area (Å²) in [6.45, 7) is -0.172. The number of carbonyl (C=O) groups excluding carboxylic acids is 1. The molecule has 5 heteroatoms. The van der Waals surface area contributed by atoms with Crippen LogP contribution in [0, 0.1) is 0 Å². The van der Waals surface area contributed by atoms with Crippen LogP contribution in [0.4, 0.5) is 0 Å². The van der Waals surface area contributed by atoms with Gasteiger partial charge in [-0.25, -0.2) is 0 Å². The van der Waals surface area contributed by atoms with Crippen LogP contribution in [0.2, 0.25) is 0 Å². The van der Waals surface area contributed by atoms with Gasteiger partial charge >= 0.3 is 0 Å². The molecule has 2 aromatic rings. The number of phenolic OH excluding ortho intramolecular Hbond substituents is 1. The first-order chi connectivity index (χ1) is 11.6. The number of nitrogens with one attached hydrogen (secondary N) is 1. The lowest BCUT2D eigenvalue weighted by atomic mass is 10.0. The first kappa shape index (κ1) is 18.0. The van der Waals surface area contributed by atoms with E-state index in [1.54, 1.807) is 24.3 Å². The Kier molecular flexibility index (Phi) is 6.78. The lowest BCUT2D eigenvalue weighted by Crippen LogP contribution is -2.45. The molecular weight excluding hydrogens is 306 g/mol. The number of hydrogen-bond donors (Lipinski definition) is 3. The first-order valence-corrected chi connectivity index (χ1v) is 7.88. The molecule has 1 unspecified atom stereocenters. The van der Waals surface area contributed by atoms with Crippen LogP contribution in [0.5, 0.6) is 5.75 Å². The van der Waals surface area contributed by atoms with E-state index in [9.17, 15) is 15.0 Å². The van der Waals surface area contributed by atoms with E-state index in [1.165, 1.54) is 7.11 Å². The summed E-state index contributed by atoms with van der Waals surface area (Å²) in [6, 6.07) is 15.9. The molecule has 0 aromatic heterocycles. The minimum Gasteiger partial charge on any atom is -0.508 e. The van der Waals surface area contributed by atoms with Gasteiger partial charge in [0.05, 0.1) is 12.6 Å². The number of rotatable bonds is 8. The fraction of sp³-hybridized carbons (Fsp3) is 0.316. The van der Waals surface area contributed by atoms with Crippen LogP contribution in [0.1, 0.15) is 11.1 Å². The molecule has 0 aliphatic heterocycles. The smallest absolute Gasteiger partial charge is 0.249 e. The van der Waals surface area contributed by atoms with Gasteiger partial charge in [-0.2, -0.15) is 0 Å². The molecule has 128 valence electrons. The van der Waals surface area contributed by atoms with Gasteiger partial charge in [-0.05, 0) is 29.7 Å². The number of phenols is 1. The fourth-order valence-electron chi connectivity index (χ4n) is 2.48. The zero-order valence-electron chi connectivity index (χ0n) is 13.7. The molecule has 0 fully saturated rings. The van der Waals surface area contributed by atoms with Gasteiger partial charge in [0.1, 0.15) is 11.9 Å². The number of methoxy groups -OCH3 is 1. The van der Waals surface area contributed by atoms with E-state index in [0.29, 0.717) is 12.8 Å². The van der Waals surface area contributed by atoms with Gasteiger partial charge in [0.25, 0.3) is 0 Å². The van der Waals surface area contributed by atoms with Crippen molar-refractivity contribution in [3.05, 3.63) is 65.7 Å². The summed E-state index contributed by atoms with van der Waals surface area (Å²) in [4.78, 5) is 12.4. The third-order valence-electron chi connectivity index (χ3n) is 3.83. The predicted octanol–water partition coefficient (Wildman–Crippen LogP) is 1.67. The first-order valence-electron chi connectivity index (χ1n) is 7.88. The molecule has 3 N–H and O–H groups in total. The van der Waals surface area contributed by atoms with E-state index < -0.39 is 12.1 Å². The lowest BCUT2D eigenvalue weighted by Gasteiger charge is -2.21. The van der Waals surface area contributed by atoms with Gasteiger partial charge < -0.3 is 20.3 Å². The van der Waals surface area contributed by atoms with Crippen LogP contribution in [-0.4, -0.2) is 42.0 Å². The van der Waals surface area contributed by atoms with Gasteiger partial charge in [-0.15, -0.1) is 0 Å². The van der Waals surface area contributed by atoms with Crippen LogP contribution in [0.15, 0.2) is 54.6 Å². The van der Waals surface area contributed by atoms with Gasteiger partial charge in [0, 0.05) is 13.5 Å². The van der Waals surface area contributed by atoms with Crippen molar-refractivity contribution >= 4 is 5.91 Å². The summed E-state index contributed by atoms with van der Waals surface area (Å²) in [5.74, 6) is -0.0650. The van der Waals surface area contributed by atoms with Crippen LogP contribution in [0.25, 0.3) is 0 Å². The molecule has 0 radical (unpaired) electrons. The summed E-state index contributed by atoms with van der Waals surface area (Å²) in [7, 11) is 1.50. The monoisotopic (exact) mass is 329 g/mol. The van der Waals surface area contributed by atoms with Gasteiger partial charge in [0.2, 0.25) is 5.91 Å². The molecular formula is C19H23NO4. The normalized spacial score (nSPS) is 13.2. The average molecular weight is 329 g/mol. The number of carbonyl (C=O) groups is 1. The van der Waals surface area contributed by atoms with Crippen molar-refractivity contribution < 1.29 is 19.7 Å². The summed E-state index contributed by atoms with van der Waals surface area (Å²) >= 11 is 0. The van der Waals surface area contributed by atoms with Crippen molar-refractivity contribution in [2.75, 3.05) is 13.7 Å². The molecule has 0 heterocycles. The van der Waals surface area contributed by atoms with Crippen LogP contribution in [-0.2, 0) is 22.4 Å². The molecule has 24 heavy (non-hydrogen) atoms. The van der Waals surface area contributed by atoms with Gasteiger partial charge in [-0.1, -0.05) is 42.5 Å². The number of aromatic hydroxyl groups is 1. The largest absolute Gasteiger partial charge is 0.508 e. The van der Waals surface area contributed by atoms with Crippen molar-refractivity contribution in [2.45, 2.75) is 25.0 Å². The molecule has 0 aliphatic carbocycles. The van der Waals surface area contributed by atoms with Crippen molar-refractivity contribution in [2.24, 2.45) is 0 Å². The Labute approximate surface area is 141 Å². The summed E-state index contributed by atoms with van der Waals surface area (Å²) < 4.78 is 5.30. The highest BCUT2D eigenvalue weighted by Crippen LogP contribution is 2.12. The molecule has 1 amide bonds. The Bertz CT molecular complexity index is 628. The van der Waals surface area contributed by atoms with E-state index in [2.05, 4.69) is 5.32 Å². The Hall–Kier alpha value is -2.37. The Balaban J connectivity index is 1.95. The van der Waals surface area contributed by atoms with Crippen molar-refractivity contribution in [3.63, 3.8) is 0 Å². The number of benzene rings is 2. The van der Waals surface area contributed by atoms with Crippen LogP contribution in [0.3, 0.4) is 0 Å². The lowest BCUT2D eigenvalue weighted by molar-refractivity contribution is -0.132. The second-order valence-electron chi connectivity index (χ2n) is 5.67. The van der Waals surface area contributed by atoms with Gasteiger partial charge in [0.15, 0.2) is 0 Å². The zero-order chi connectivity index (χ0) is 17.4. The standard InChI is InChI=1S/C19H23NO4/c1-24-18(12-14-5-3-2-4-6-14)19(23)20-16(13-21)11-15-7-9-17(22)10-8-15/h2-10,16,18,21-22H,11-13H2,1H3,(H,20,23)/t16-,18?/m0/s1. The highest BCUT2D eigenvalue weighted by Gasteiger charge is 2.21. The maximum absolute atomic E-state index is 12.4. The predicted molar refractivity (Wildman–Crippen MR) is 91.8 cm³/mol. The molecule has 5 nitrogen and oxygen atoms in total. The number of amides is 1. The minimum absolute atomic E-state index is 0.172. The molecule has 0 spiro atoms. The second-order valence-corrected chi connectivity index (χ2v) is 5.67. The molecule has 0 saturated heterocycles. The Morgan fingerprint density at radius 3 is 2.25 bits per heavy atom. The van der Waals surface area contributed by atoms with E-state index in [4.69, 9.17) is 4.74 Å². The maximum Gasteiger partial charge on any atom is 0.249 e. The van der Waals surface area contributed by atoms with Crippen molar-refractivity contribution in [1.29, 1.82) is 0 Å². The van der Waals surface area contributed by atoms with E-state index >= 15 is 0 Å². The molecule has 2 aromatic carbocycles. The number of hydrogen-bond acceptors (Lipinski definition) is 4. The number of ether oxygens (including phenoxy) is 1. The second kappa shape index (κ2) is 9.05. The van der Waals surface area contributed by atoms with Crippen LogP contribution >= 0.6 is 0 Å². The van der Waals surface area contributed by atoms with Crippen molar-refractivity contribution in [1.82, 2.24) is 5.32 Å². The summed E-state index contributed by atoms with van der Waals surface area (Å²) in [5, 5.41) is 21.7. The van der Waals surface area contributed by atoms with E-state index in [0.717, 1.165) is 11.1 Å². The number of aliphatic hydroxyl groups is 1. The van der Waals surface area contributed by atoms with Gasteiger partial charge in [-0.3, -0.25) is 4.79 Å². The van der Waals surface area contributed by atoms with E-state index in [-0.39, 0.29) is 18.3 Å². The van der Waals surface area contributed by atoms with E-state index in [1.807, 2.05) is 30.3 Å². The molecule has 2 rings (SSSR count). The summed E-state index contributed by atoms with van der Waals surface area (Å²) in [6.07, 6.45) is 0.339. The third kappa shape index (κ3) is 5.37. The third-order valence-corrected chi connectivity index (χ3v) is 3.83. The number of aliphatic hydroxyl groups excluding tert-OH is 1. The Morgan fingerprint density at radius 2 is 1.67 bits per heavy atom. The molecule has 2 atom stereocenters. The average Bonchev–Trinajstić information content (AvgIpc) is 2.61. The highest BCUT2D eigenvalue weighted by molar-refractivity contribution is 5.81. The summed E-state index contributed by atoms with van der Waals surface area (Å²) in [5.41, 5.74) is 1.93. The molecule has 0 aliphatic rings. The highest BCUT2D eigenvalue weighted by atomic mass is 16.5. The minimum atomic E-state index is -0.610. The van der Waals surface area contributed by atoms with Crippen molar-refractivity contribution in [3.8, 4) is 5.75 Å². The zero-order valence-corrected chi connectivity index (χ0v) is 13.7. The fourth-order valence-corrected chi connectivity index (χ4v) is 2.48. The SMILES string of the molecule is COC(Cc1ccccc1)C(=O)N[C@H](CO)Cc1ccc(O)cc1. The maximum atomic E-state index is 12.4. The Morgan fingerprint density at radius 1 is 1.04 bits per heavy atom.